The van der Waals surface area contributed by atoms with Crippen LogP contribution < -0.4 is 15.2 Å². The number of benzene rings is 2. The van der Waals surface area contributed by atoms with E-state index in [0.29, 0.717) is 5.75 Å². The van der Waals surface area contributed by atoms with E-state index in [1.54, 1.807) is 7.11 Å². The van der Waals surface area contributed by atoms with Crippen molar-refractivity contribution in [2.24, 2.45) is 17.1 Å². The molecule has 2 atom stereocenters. The average Bonchev–Trinajstić information content (AvgIpc) is 2.87. The van der Waals surface area contributed by atoms with Crippen molar-refractivity contribution in [1.82, 2.24) is 0 Å². The van der Waals surface area contributed by atoms with Crippen LogP contribution in [0, 0.1) is 52.2 Å². The van der Waals surface area contributed by atoms with Gasteiger partial charge in [-0.15, -0.1) is 0 Å². The summed E-state index contributed by atoms with van der Waals surface area (Å²) >= 11 is 0. The van der Waals surface area contributed by atoms with Gasteiger partial charge in [0.25, 0.3) is 0 Å². The molecular weight excluding hydrogens is 424 g/mol. The van der Waals surface area contributed by atoms with Gasteiger partial charge in [-0.1, -0.05) is 29.8 Å². The number of fused-ring (bicyclic) bond motifs is 1. The summed E-state index contributed by atoms with van der Waals surface area (Å²) in [6.45, 7) is 2.28. The van der Waals surface area contributed by atoms with E-state index in [1.165, 1.54) is 0 Å². The summed E-state index contributed by atoms with van der Waals surface area (Å²) in [5.41, 5.74) is 8.69. The molecule has 6 heteroatoms. The average molecular weight is 451 g/mol. The standard InChI is InChI=1S/C28H26N4O2/c1-18-7-10-21(11-8-18)34-15-20-13-19(9-12-25(20)33-2)26-23-6-4-3-5-22(23)24(14-29)27(32)28(26,16-30)17-31/h5,7-13,23,26H,3-4,6,15,32H2,1-2H3/t23-,26+/m0/s1. The molecule has 2 aliphatic rings. The highest BCUT2D eigenvalue weighted by Crippen LogP contribution is 2.56. The topological polar surface area (TPSA) is 116 Å². The largest absolute Gasteiger partial charge is 0.496 e. The maximum atomic E-state index is 10.2. The summed E-state index contributed by atoms with van der Waals surface area (Å²) in [7, 11) is 1.60. The number of methoxy groups -OCH3 is 1. The van der Waals surface area contributed by atoms with Gasteiger partial charge in [-0.3, -0.25) is 0 Å². The van der Waals surface area contributed by atoms with Crippen LogP contribution in [0.1, 0.15) is 41.9 Å². The van der Waals surface area contributed by atoms with E-state index in [2.05, 4.69) is 18.2 Å². The van der Waals surface area contributed by atoms with Crippen LogP contribution in [0.2, 0.25) is 0 Å². The molecule has 0 fully saturated rings. The molecule has 0 aromatic heterocycles. The van der Waals surface area contributed by atoms with E-state index in [1.807, 2.05) is 55.5 Å². The molecule has 0 aliphatic heterocycles. The number of hydrogen-bond donors (Lipinski definition) is 1. The van der Waals surface area contributed by atoms with Gasteiger partial charge < -0.3 is 15.2 Å². The number of allylic oxidation sites excluding steroid dienone is 4. The molecule has 4 rings (SSSR count). The highest BCUT2D eigenvalue weighted by Gasteiger charge is 2.53. The van der Waals surface area contributed by atoms with Crippen molar-refractivity contribution in [2.45, 2.75) is 38.7 Å². The lowest BCUT2D eigenvalue weighted by Gasteiger charge is -2.43. The first kappa shape index (κ1) is 23.0. The van der Waals surface area contributed by atoms with Gasteiger partial charge in [0.05, 0.1) is 30.5 Å². The highest BCUT2D eigenvalue weighted by molar-refractivity contribution is 5.59. The first-order valence-electron chi connectivity index (χ1n) is 11.3. The summed E-state index contributed by atoms with van der Waals surface area (Å²) in [6, 6.07) is 20.0. The van der Waals surface area contributed by atoms with E-state index in [9.17, 15) is 15.8 Å². The van der Waals surface area contributed by atoms with Crippen LogP contribution in [-0.2, 0) is 6.61 Å². The van der Waals surface area contributed by atoms with Crippen LogP contribution in [0.25, 0.3) is 0 Å². The van der Waals surface area contributed by atoms with Crippen LogP contribution in [0.15, 0.2) is 65.4 Å². The lowest BCUT2D eigenvalue weighted by atomic mass is 9.56. The molecule has 0 saturated heterocycles. The molecule has 0 amide bonds. The minimum atomic E-state index is -1.63. The number of nitrogens with zero attached hydrogens (tertiary/aromatic N) is 3. The molecular formula is C28H26N4O2. The Balaban J connectivity index is 1.80. The van der Waals surface area contributed by atoms with E-state index < -0.39 is 11.3 Å². The second kappa shape index (κ2) is 9.34. The lowest BCUT2D eigenvalue weighted by molar-refractivity contribution is 0.294. The predicted molar refractivity (Wildman–Crippen MR) is 127 cm³/mol. The Morgan fingerprint density at radius 3 is 2.47 bits per heavy atom. The molecule has 0 unspecified atom stereocenters. The minimum Gasteiger partial charge on any atom is -0.496 e. The molecule has 0 spiro atoms. The van der Waals surface area contributed by atoms with Crippen molar-refractivity contribution in [3.05, 3.63) is 82.1 Å². The summed E-state index contributed by atoms with van der Waals surface area (Å²) < 4.78 is 11.6. The van der Waals surface area contributed by atoms with Crippen molar-refractivity contribution >= 4 is 0 Å². The summed E-state index contributed by atoms with van der Waals surface area (Å²) in [6.07, 6.45) is 4.59. The Bertz CT molecular complexity index is 1270. The molecule has 6 nitrogen and oxygen atoms in total. The zero-order valence-electron chi connectivity index (χ0n) is 19.3. The van der Waals surface area contributed by atoms with Crippen LogP contribution in [0.3, 0.4) is 0 Å². The third-order valence-corrected chi connectivity index (χ3v) is 6.88. The zero-order chi connectivity index (χ0) is 24.3. The number of ether oxygens (including phenoxy) is 2. The zero-order valence-corrected chi connectivity index (χ0v) is 19.3. The molecule has 170 valence electrons. The van der Waals surface area contributed by atoms with Gasteiger partial charge in [0.15, 0.2) is 5.41 Å². The third-order valence-electron chi connectivity index (χ3n) is 6.88. The predicted octanol–water partition coefficient (Wildman–Crippen LogP) is 5.18. The van der Waals surface area contributed by atoms with Crippen molar-refractivity contribution in [2.75, 3.05) is 7.11 Å². The maximum Gasteiger partial charge on any atom is 0.191 e. The fraction of sp³-hybridized carbons (Fsp3) is 0.321. The monoisotopic (exact) mass is 450 g/mol. The SMILES string of the molecule is COc1ccc([C@@H]2[C@H]3CCCC=C3C(C#N)=C(N)C2(C#N)C#N)cc1COc1ccc(C)cc1. The molecule has 2 aromatic carbocycles. The number of nitrogens with two attached hydrogens (primary N) is 1. The normalized spacial score (nSPS) is 20.7. The molecule has 2 aromatic rings. The van der Waals surface area contributed by atoms with E-state index >= 15 is 0 Å². The second-order valence-electron chi connectivity index (χ2n) is 8.78. The van der Waals surface area contributed by atoms with E-state index in [-0.39, 0.29) is 23.8 Å². The van der Waals surface area contributed by atoms with Crippen LogP contribution in [0.4, 0.5) is 0 Å². The fourth-order valence-electron chi connectivity index (χ4n) is 5.15. The van der Waals surface area contributed by atoms with Crippen molar-refractivity contribution in [3.8, 4) is 29.7 Å². The highest BCUT2D eigenvalue weighted by atomic mass is 16.5. The smallest absolute Gasteiger partial charge is 0.191 e. The Morgan fingerprint density at radius 1 is 1.09 bits per heavy atom. The van der Waals surface area contributed by atoms with Gasteiger partial charge in [0, 0.05) is 11.5 Å². The van der Waals surface area contributed by atoms with Crippen molar-refractivity contribution in [3.63, 3.8) is 0 Å². The second-order valence-corrected chi connectivity index (χ2v) is 8.78. The molecule has 0 heterocycles. The fourth-order valence-corrected chi connectivity index (χ4v) is 5.15. The summed E-state index contributed by atoms with van der Waals surface area (Å²) in [5, 5.41) is 30.3. The molecule has 0 radical (unpaired) electrons. The van der Waals surface area contributed by atoms with Gasteiger partial charge in [0.1, 0.15) is 24.2 Å². The third kappa shape index (κ3) is 3.76. The van der Waals surface area contributed by atoms with Crippen molar-refractivity contribution in [1.29, 1.82) is 15.8 Å². The first-order valence-corrected chi connectivity index (χ1v) is 11.3. The molecule has 0 saturated carbocycles. The molecule has 34 heavy (non-hydrogen) atoms. The molecule has 0 bridgehead atoms. The van der Waals surface area contributed by atoms with E-state index in [4.69, 9.17) is 15.2 Å². The van der Waals surface area contributed by atoms with Gasteiger partial charge in [-0.2, -0.15) is 15.8 Å². The van der Waals surface area contributed by atoms with Crippen LogP contribution in [-0.4, -0.2) is 7.11 Å². The van der Waals surface area contributed by atoms with E-state index in [0.717, 1.165) is 47.3 Å². The Morgan fingerprint density at radius 2 is 1.82 bits per heavy atom. The number of hydrogen-bond acceptors (Lipinski definition) is 6. The Kier molecular flexibility index (Phi) is 6.31. The first-order chi connectivity index (χ1) is 16.5. The van der Waals surface area contributed by atoms with Gasteiger partial charge >= 0.3 is 0 Å². The quantitative estimate of drug-likeness (QED) is 0.671. The van der Waals surface area contributed by atoms with Gasteiger partial charge in [0.2, 0.25) is 0 Å². The van der Waals surface area contributed by atoms with Gasteiger partial charge in [-0.05, 0) is 67.5 Å². The maximum absolute atomic E-state index is 10.2. The Labute approximate surface area is 200 Å². The van der Waals surface area contributed by atoms with Gasteiger partial charge in [-0.25, -0.2) is 0 Å². The minimum absolute atomic E-state index is 0.0441. The number of rotatable bonds is 5. The number of nitriles is 3. The lowest BCUT2D eigenvalue weighted by Crippen LogP contribution is -2.42. The summed E-state index contributed by atoms with van der Waals surface area (Å²) in [5.74, 6) is 0.749. The number of aryl methyl sites for hydroxylation is 1. The molecule has 2 N–H and O–H groups in total. The Hall–Kier alpha value is -4.21. The van der Waals surface area contributed by atoms with Crippen LogP contribution in [0.5, 0.6) is 11.5 Å². The van der Waals surface area contributed by atoms with Crippen molar-refractivity contribution < 1.29 is 9.47 Å². The molecule has 2 aliphatic carbocycles. The van der Waals surface area contributed by atoms with Crippen LogP contribution >= 0.6 is 0 Å². The summed E-state index contributed by atoms with van der Waals surface area (Å²) in [4.78, 5) is 0.